The molecule has 0 radical (unpaired) electrons. The third-order valence-electron chi connectivity index (χ3n) is 2.02. The fourth-order valence-electron chi connectivity index (χ4n) is 1.19. The Kier molecular flexibility index (Phi) is 5.15. The van der Waals surface area contributed by atoms with E-state index in [4.69, 9.17) is 9.47 Å². The predicted molar refractivity (Wildman–Crippen MR) is 62.4 cm³/mol. The van der Waals surface area contributed by atoms with E-state index in [1.54, 1.807) is 14.2 Å². The summed E-state index contributed by atoms with van der Waals surface area (Å²) in [6.45, 7) is 0.869. The first-order chi connectivity index (χ1) is 8.19. The summed E-state index contributed by atoms with van der Waals surface area (Å²) in [5, 5.41) is 13.5. The van der Waals surface area contributed by atoms with Crippen molar-refractivity contribution < 1.29 is 14.4 Å². The number of hydrogen-bond acceptors (Lipinski definition) is 6. The maximum atomic E-state index is 10.8. The van der Waals surface area contributed by atoms with Crippen LogP contribution in [0.1, 0.15) is 6.42 Å². The number of anilines is 1. The Morgan fingerprint density at radius 3 is 2.82 bits per heavy atom. The minimum atomic E-state index is -0.516. The average Bonchev–Trinajstić information content (AvgIpc) is 2.34. The van der Waals surface area contributed by atoms with E-state index in [-0.39, 0.29) is 11.6 Å². The molecule has 0 saturated carbocycles. The molecule has 1 aromatic heterocycles. The van der Waals surface area contributed by atoms with Crippen LogP contribution in [0.4, 0.5) is 11.5 Å². The summed E-state index contributed by atoms with van der Waals surface area (Å²) in [6, 6.07) is 2.89. The monoisotopic (exact) mass is 241 g/mol. The molecule has 0 bridgehead atoms. The lowest BCUT2D eigenvalue weighted by Crippen LogP contribution is -2.06. The van der Waals surface area contributed by atoms with E-state index in [1.165, 1.54) is 12.1 Å². The van der Waals surface area contributed by atoms with E-state index in [0.717, 1.165) is 0 Å². The van der Waals surface area contributed by atoms with Gasteiger partial charge in [-0.15, -0.1) is 0 Å². The molecule has 1 N–H and O–H groups in total. The average molecular weight is 241 g/mol. The zero-order valence-corrected chi connectivity index (χ0v) is 9.80. The Bertz CT molecular complexity index is 384. The van der Waals surface area contributed by atoms with Crippen LogP contribution >= 0.6 is 0 Å². The van der Waals surface area contributed by atoms with E-state index >= 15 is 0 Å². The second-order valence-electron chi connectivity index (χ2n) is 3.22. The van der Waals surface area contributed by atoms with E-state index in [1.807, 2.05) is 0 Å². The molecule has 1 heterocycles. The fourth-order valence-corrected chi connectivity index (χ4v) is 1.19. The molecule has 7 nitrogen and oxygen atoms in total. The van der Waals surface area contributed by atoms with E-state index in [0.29, 0.717) is 25.5 Å². The molecule has 0 atom stereocenters. The highest BCUT2D eigenvalue weighted by Crippen LogP contribution is 2.26. The topological polar surface area (TPSA) is 86.5 Å². The molecule has 0 aliphatic heterocycles. The van der Waals surface area contributed by atoms with Crippen molar-refractivity contribution in [1.29, 1.82) is 0 Å². The number of nitro groups is 1. The van der Waals surface area contributed by atoms with Crippen LogP contribution in [0.25, 0.3) is 0 Å². The molecule has 0 spiro atoms. The summed E-state index contributed by atoms with van der Waals surface area (Å²) in [6.07, 6.45) is 0.652. The second-order valence-corrected chi connectivity index (χ2v) is 3.22. The van der Waals surface area contributed by atoms with Gasteiger partial charge in [0.1, 0.15) is 5.82 Å². The summed E-state index contributed by atoms with van der Waals surface area (Å²) in [5.41, 5.74) is -0.138. The van der Waals surface area contributed by atoms with Crippen molar-refractivity contribution in [3.8, 4) is 5.88 Å². The van der Waals surface area contributed by atoms with Crippen LogP contribution in [-0.2, 0) is 4.74 Å². The lowest BCUT2D eigenvalue weighted by Gasteiger charge is -2.07. The van der Waals surface area contributed by atoms with Crippen molar-refractivity contribution in [2.45, 2.75) is 6.42 Å². The predicted octanol–water partition coefficient (Wildman–Crippen LogP) is 1.45. The highest BCUT2D eigenvalue weighted by Gasteiger charge is 2.17. The molecule has 0 unspecified atom stereocenters. The van der Waals surface area contributed by atoms with Gasteiger partial charge in [-0.3, -0.25) is 10.1 Å². The maximum absolute atomic E-state index is 10.8. The van der Waals surface area contributed by atoms with E-state index in [9.17, 15) is 10.1 Å². The summed E-state index contributed by atoms with van der Waals surface area (Å²) < 4.78 is 10.1. The van der Waals surface area contributed by atoms with Gasteiger partial charge in [0.15, 0.2) is 0 Å². The maximum Gasteiger partial charge on any atom is 0.331 e. The van der Waals surface area contributed by atoms with Gasteiger partial charge in [0.2, 0.25) is 0 Å². The minimum absolute atomic E-state index is 0.0259. The van der Waals surface area contributed by atoms with Gasteiger partial charge in [-0.2, -0.15) is 4.98 Å². The van der Waals surface area contributed by atoms with Crippen LogP contribution in [0.15, 0.2) is 12.1 Å². The first-order valence-electron chi connectivity index (χ1n) is 5.14. The Morgan fingerprint density at radius 1 is 1.47 bits per heavy atom. The smallest absolute Gasteiger partial charge is 0.331 e. The Morgan fingerprint density at radius 2 is 2.24 bits per heavy atom. The molecule has 7 heteroatoms. The second kappa shape index (κ2) is 6.64. The SMILES string of the molecule is CNc1ccc([N+](=O)[O-])c(OCCCOC)n1. The van der Waals surface area contributed by atoms with Crippen LogP contribution in [0, 0.1) is 10.1 Å². The number of rotatable bonds is 7. The van der Waals surface area contributed by atoms with E-state index < -0.39 is 4.92 Å². The number of nitrogens with one attached hydrogen (secondary N) is 1. The molecule has 0 aromatic carbocycles. The zero-order chi connectivity index (χ0) is 12.7. The zero-order valence-electron chi connectivity index (χ0n) is 9.80. The van der Waals surface area contributed by atoms with Crippen LogP contribution in [0.3, 0.4) is 0 Å². The fraction of sp³-hybridized carbons (Fsp3) is 0.500. The van der Waals surface area contributed by atoms with Crippen LogP contribution in [0.5, 0.6) is 5.88 Å². The van der Waals surface area contributed by atoms with Crippen molar-refractivity contribution in [2.75, 3.05) is 32.7 Å². The number of aromatic nitrogens is 1. The third kappa shape index (κ3) is 3.87. The molecule has 0 aliphatic rings. The number of methoxy groups -OCH3 is 1. The van der Waals surface area contributed by atoms with Crippen molar-refractivity contribution in [2.24, 2.45) is 0 Å². The van der Waals surface area contributed by atoms with Crippen molar-refractivity contribution in [1.82, 2.24) is 4.98 Å². The summed E-state index contributed by atoms with van der Waals surface area (Å²) in [4.78, 5) is 14.2. The molecule has 94 valence electrons. The molecule has 0 aliphatic carbocycles. The molecule has 1 aromatic rings. The molecule has 1 rings (SSSR count). The van der Waals surface area contributed by atoms with Crippen LogP contribution in [-0.4, -0.2) is 37.3 Å². The summed E-state index contributed by atoms with van der Waals surface area (Å²) >= 11 is 0. The third-order valence-corrected chi connectivity index (χ3v) is 2.02. The first-order valence-corrected chi connectivity index (χ1v) is 5.14. The quantitative estimate of drug-likeness (QED) is 0.441. The van der Waals surface area contributed by atoms with Gasteiger partial charge in [-0.1, -0.05) is 0 Å². The van der Waals surface area contributed by atoms with Gasteiger partial charge in [-0.05, 0) is 6.07 Å². The first kappa shape index (κ1) is 13.2. The minimum Gasteiger partial charge on any atom is -0.473 e. The standard InChI is InChI=1S/C10H15N3O4/c1-11-9-5-4-8(13(14)15)10(12-9)17-7-3-6-16-2/h4-5H,3,6-7H2,1-2H3,(H,11,12). The van der Waals surface area contributed by atoms with Crippen molar-refractivity contribution in [3.05, 3.63) is 22.2 Å². The lowest BCUT2D eigenvalue weighted by atomic mass is 10.4. The molecule has 0 fully saturated rings. The van der Waals surface area contributed by atoms with Crippen molar-refractivity contribution in [3.63, 3.8) is 0 Å². The highest BCUT2D eigenvalue weighted by atomic mass is 16.6. The molecular formula is C10H15N3O4. The lowest BCUT2D eigenvalue weighted by molar-refractivity contribution is -0.386. The Labute approximate surface area is 98.9 Å². The molecule has 0 amide bonds. The molecular weight excluding hydrogens is 226 g/mol. The van der Waals surface area contributed by atoms with Crippen molar-refractivity contribution >= 4 is 11.5 Å². The highest BCUT2D eigenvalue weighted by molar-refractivity contribution is 5.48. The molecule has 0 saturated heterocycles. The van der Waals surface area contributed by atoms with Crippen LogP contribution < -0.4 is 10.1 Å². The molecule has 17 heavy (non-hydrogen) atoms. The van der Waals surface area contributed by atoms with Gasteiger partial charge in [0, 0.05) is 33.3 Å². The van der Waals surface area contributed by atoms with Crippen LogP contribution in [0.2, 0.25) is 0 Å². The largest absolute Gasteiger partial charge is 0.473 e. The van der Waals surface area contributed by atoms with Gasteiger partial charge in [0.25, 0.3) is 5.88 Å². The number of pyridine rings is 1. The van der Waals surface area contributed by atoms with Gasteiger partial charge in [0.05, 0.1) is 11.5 Å². The number of hydrogen-bond donors (Lipinski definition) is 1. The summed E-state index contributed by atoms with van der Waals surface area (Å²) in [7, 11) is 3.27. The van der Waals surface area contributed by atoms with E-state index in [2.05, 4.69) is 10.3 Å². The van der Waals surface area contributed by atoms with Gasteiger partial charge >= 0.3 is 5.69 Å². The number of nitrogens with zero attached hydrogens (tertiary/aromatic N) is 2. The summed E-state index contributed by atoms with van der Waals surface area (Å²) in [5.74, 6) is 0.551. The van der Waals surface area contributed by atoms with Gasteiger partial charge in [-0.25, -0.2) is 0 Å². The Hall–Kier alpha value is -1.89. The number of ether oxygens (including phenoxy) is 2. The van der Waals surface area contributed by atoms with Gasteiger partial charge < -0.3 is 14.8 Å². The normalized spacial score (nSPS) is 10.0. The Balaban J connectivity index is 2.75.